The number of benzene rings is 1. The van der Waals surface area contributed by atoms with Crippen LogP contribution < -0.4 is 13.9 Å². The summed E-state index contributed by atoms with van der Waals surface area (Å²) < 4.78 is 50.8. The number of nitrogens with one attached hydrogen (secondary N) is 1. The molecule has 0 radical (unpaired) electrons. The fraction of sp³-hybridized carbons (Fsp3) is 0.571. The zero-order valence-electron chi connectivity index (χ0n) is 14.0. The lowest BCUT2D eigenvalue weighted by Gasteiger charge is -2.23. The molecule has 1 N–H and O–H groups in total. The maximum absolute atomic E-state index is 12.0. The number of hydrogen-bond donors (Lipinski definition) is 1. The highest BCUT2D eigenvalue weighted by molar-refractivity contribution is 7.92. The Bertz CT molecular complexity index is 698. The van der Waals surface area contributed by atoms with E-state index in [0.717, 1.165) is 11.9 Å². The maximum Gasteiger partial charge on any atom is 0.232 e. The van der Waals surface area contributed by atoms with Crippen molar-refractivity contribution in [1.82, 2.24) is 4.72 Å². The highest BCUT2D eigenvalue weighted by Crippen LogP contribution is 2.21. The van der Waals surface area contributed by atoms with E-state index in [0.29, 0.717) is 12.1 Å². The van der Waals surface area contributed by atoms with Crippen molar-refractivity contribution in [2.45, 2.75) is 13.3 Å². The van der Waals surface area contributed by atoms with Crippen LogP contribution in [0.3, 0.4) is 0 Å². The van der Waals surface area contributed by atoms with Gasteiger partial charge >= 0.3 is 0 Å². The third kappa shape index (κ3) is 6.36. The molecule has 0 bridgehead atoms. The number of rotatable bonds is 9. The van der Waals surface area contributed by atoms with Crippen LogP contribution in [0.25, 0.3) is 0 Å². The van der Waals surface area contributed by atoms with Gasteiger partial charge in [0.05, 0.1) is 17.7 Å². The largest absolute Gasteiger partial charge is 0.378 e. The first-order valence-electron chi connectivity index (χ1n) is 7.29. The summed E-state index contributed by atoms with van der Waals surface area (Å²) in [6.45, 7) is 1.85. The Labute approximate surface area is 139 Å². The van der Waals surface area contributed by atoms with Gasteiger partial charge in [0.2, 0.25) is 20.0 Å². The number of nitrogens with zero attached hydrogens (tertiary/aromatic N) is 2. The van der Waals surface area contributed by atoms with Crippen molar-refractivity contribution >= 4 is 31.4 Å². The van der Waals surface area contributed by atoms with Gasteiger partial charge in [-0.05, 0) is 30.7 Å². The van der Waals surface area contributed by atoms with Gasteiger partial charge in [0.15, 0.2) is 0 Å². The molecule has 0 aliphatic carbocycles. The summed E-state index contributed by atoms with van der Waals surface area (Å²) in [5.41, 5.74) is 1.46. The van der Waals surface area contributed by atoms with Gasteiger partial charge in [-0.15, -0.1) is 0 Å². The molecule has 0 unspecified atom stereocenters. The molecule has 0 heterocycles. The molecule has 0 saturated carbocycles. The molecule has 0 atom stereocenters. The zero-order chi connectivity index (χ0) is 17.7. The second-order valence-electron chi connectivity index (χ2n) is 5.46. The van der Waals surface area contributed by atoms with E-state index < -0.39 is 20.0 Å². The Kier molecular flexibility index (Phi) is 6.84. The summed E-state index contributed by atoms with van der Waals surface area (Å²) in [4.78, 5) is 1.91. The Morgan fingerprint density at radius 2 is 1.52 bits per heavy atom. The van der Waals surface area contributed by atoms with Crippen molar-refractivity contribution in [1.29, 1.82) is 0 Å². The monoisotopic (exact) mass is 363 g/mol. The van der Waals surface area contributed by atoms with Gasteiger partial charge < -0.3 is 4.90 Å². The lowest BCUT2D eigenvalue weighted by molar-refractivity contribution is 0.577. The Balaban J connectivity index is 2.86. The van der Waals surface area contributed by atoms with Crippen LogP contribution in [0.4, 0.5) is 11.4 Å². The summed E-state index contributed by atoms with van der Waals surface area (Å²) in [5, 5.41) is 0. The van der Waals surface area contributed by atoms with Gasteiger partial charge in [0, 0.05) is 32.9 Å². The van der Waals surface area contributed by atoms with Crippen molar-refractivity contribution in [3.05, 3.63) is 24.3 Å². The van der Waals surface area contributed by atoms with Crippen molar-refractivity contribution < 1.29 is 16.8 Å². The van der Waals surface area contributed by atoms with Gasteiger partial charge in [0.1, 0.15) is 0 Å². The minimum Gasteiger partial charge on any atom is -0.378 e. The van der Waals surface area contributed by atoms with Crippen molar-refractivity contribution in [3.63, 3.8) is 0 Å². The van der Waals surface area contributed by atoms with Crippen LogP contribution in [-0.2, 0) is 20.0 Å². The Hall–Kier alpha value is -1.32. The Morgan fingerprint density at radius 3 is 1.96 bits per heavy atom. The maximum atomic E-state index is 12.0. The third-order valence-corrected chi connectivity index (χ3v) is 5.95. The van der Waals surface area contributed by atoms with Crippen LogP contribution in [0, 0.1) is 0 Å². The second-order valence-corrected chi connectivity index (χ2v) is 9.29. The van der Waals surface area contributed by atoms with Gasteiger partial charge in [-0.1, -0.05) is 6.92 Å². The fourth-order valence-corrected chi connectivity index (χ4v) is 4.06. The van der Waals surface area contributed by atoms with Crippen molar-refractivity contribution in [3.8, 4) is 0 Å². The average Bonchev–Trinajstić information content (AvgIpc) is 2.42. The molecule has 0 aliphatic rings. The first-order chi connectivity index (χ1) is 10.6. The van der Waals surface area contributed by atoms with Gasteiger partial charge in [-0.25, -0.2) is 21.6 Å². The summed E-state index contributed by atoms with van der Waals surface area (Å²) in [6, 6.07) is 7.04. The van der Waals surface area contributed by atoms with Crippen LogP contribution in [0.15, 0.2) is 24.3 Å². The topological polar surface area (TPSA) is 86.8 Å². The van der Waals surface area contributed by atoms with Crippen LogP contribution >= 0.6 is 0 Å². The molecule has 0 spiro atoms. The Morgan fingerprint density at radius 1 is 1.00 bits per heavy atom. The normalized spacial score (nSPS) is 12.2. The second kappa shape index (κ2) is 7.98. The van der Waals surface area contributed by atoms with E-state index in [2.05, 4.69) is 4.72 Å². The van der Waals surface area contributed by atoms with E-state index in [1.165, 1.54) is 4.31 Å². The first-order valence-corrected chi connectivity index (χ1v) is 10.8. The van der Waals surface area contributed by atoms with E-state index in [9.17, 15) is 16.8 Å². The molecular weight excluding hydrogens is 338 g/mol. The zero-order valence-corrected chi connectivity index (χ0v) is 15.6. The van der Waals surface area contributed by atoms with Gasteiger partial charge in [0.25, 0.3) is 0 Å². The molecule has 1 aromatic carbocycles. The van der Waals surface area contributed by atoms with Gasteiger partial charge in [-0.3, -0.25) is 4.31 Å². The van der Waals surface area contributed by atoms with Crippen molar-refractivity contribution in [2.75, 3.05) is 48.4 Å². The molecule has 0 fully saturated rings. The highest BCUT2D eigenvalue weighted by atomic mass is 32.2. The average molecular weight is 364 g/mol. The molecule has 7 nitrogen and oxygen atoms in total. The molecular formula is C14H25N3O4S2. The standard InChI is InChI=1S/C14H25N3O4S2/c1-5-12-23(20,21)15-10-11-17(22(4,18)19)14-8-6-13(7-9-14)16(2)3/h6-9,15H,5,10-12H2,1-4H3. The van der Waals surface area contributed by atoms with Crippen LogP contribution in [-0.4, -0.2) is 56.0 Å². The molecule has 1 aromatic rings. The predicted octanol–water partition coefficient (Wildman–Crippen LogP) is 0.848. The van der Waals surface area contributed by atoms with E-state index in [1.807, 2.05) is 31.1 Å². The molecule has 9 heteroatoms. The molecule has 23 heavy (non-hydrogen) atoms. The smallest absolute Gasteiger partial charge is 0.232 e. The summed E-state index contributed by atoms with van der Waals surface area (Å²) in [5.74, 6) is 0.0312. The van der Waals surface area contributed by atoms with Gasteiger partial charge in [-0.2, -0.15) is 0 Å². The van der Waals surface area contributed by atoms with Crippen molar-refractivity contribution in [2.24, 2.45) is 0 Å². The SMILES string of the molecule is CCCS(=O)(=O)NCCN(c1ccc(N(C)C)cc1)S(C)(=O)=O. The third-order valence-electron chi connectivity index (χ3n) is 3.16. The van der Waals surface area contributed by atoms with E-state index in [-0.39, 0.29) is 18.8 Å². The quantitative estimate of drug-likeness (QED) is 0.703. The molecule has 0 aromatic heterocycles. The minimum atomic E-state index is -3.50. The van der Waals surface area contributed by atoms with Crippen LogP contribution in [0.2, 0.25) is 0 Å². The lowest BCUT2D eigenvalue weighted by Crippen LogP contribution is -2.38. The summed E-state index contributed by atoms with van der Waals surface area (Å²) in [6.07, 6.45) is 1.62. The lowest BCUT2D eigenvalue weighted by atomic mass is 10.2. The summed E-state index contributed by atoms with van der Waals surface area (Å²) >= 11 is 0. The molecule has 0 amide bonds. The van der Waals surface area contributed by atoms with E-state index >= 15 is 0 Å². The molecule has 132 valence electrons. The van der Waals surface area contributed by atoms with Crippen LogP contribution in [0.1, 0.15) is 13.3 Å². The predicted molar refractivity (Wildman–Crippen MR) is 95.0 cm³/mol. The fourth-order valence-electron chi connectivity index (χ4n) is 2.05. The minimum absolute atomic E-state index is 0.0312. The van der Waals surface area contributed by atoms with E-state index in [4.69, 9.17) is 0 Å². The first kappa shape index (κ1) is 19.7. The molecule has 0 saturated heterocycles. The number of hydrogen-bond acceptors (Lipinski definition) is 5. The highest BCUT2D eigenvalue weighted by Gasteiger charge is 2.18. The van der Waals surface area contributed by atoms with E-state index in [1.54, 1.807) is 19.1 Å². The molecule has 0 aliphatic heterocycles. The van der Waals surface area contributed by atoms with Crippen LogP contribution in [0.5, 0.6) is 0 Å². The summed E-state index contributed by atoms with van der Waals surface area (Å²) in [7, 11) is -3.06. The molecule has 1 rings (SSSR count). The number of anilines is 2. The number of sulfonamides is 2.